The summed E-state index contributed by atoms with van der Waals surface area (Å²) in [6, 6.07) is 15.1. The van der Waals surface area contributed by atoms with Gasteiger partial charge in [-0.25, -0.2) is 0 Å². The molecule has 1 heterocycles. The summed E-state index contributed by atoms with van der Waals surface area (Å²) in [4.78, 5) is 2.29. The van der Waals surface area contributed by atoms with Gasteiger partial charge in [-0.1, -0.05) is 42.0 Å². The van der Waals surface area contributed by atoms with Crippen molar-refractivity contribution >= 4 is 0 Å². The Bertz CT molecular complexity index is 683. The van der Waals surface area contributed by atoms with Gasteiger partial charge in [-0.15, -0.1) is 0 Å². The third kappa shape index (κ3) is 4.03. The number of benzene rings is 2. The first-order chi connectivity index (χ1) is 12.0. The molecule has 134 valence electrons. The van der Waals surface area contributed by atoms with Gasteiger partial charge in [0.1, 0.15) is 5.75 Å². The van der Waals surface area contributed by atoms with Crippen LogP contribution in [0, 0.1) is 6.92 Å². The molecule has 0 amide bonds. The number of aliphatic hydroxyl groups excluding tert-OH is 2. The predicted molar refractivity (Wildman–Crippen MR) is 98.4 cm³/mol. The summed E-state index contributed by atoms with van der Waals surface area (Å²) in [5.74, 6) is 0.197. The SMILES string of the molecule is Cc1ccc(C2CC(O)CCN2[C@@H](C)[C@@H](O)c2ccc(O)cc2)cc1. The highest BCUT2D eigenvalue weighted by atomic mass is 16.3. The molecule has 3 N–H and O–H groups in total. The third-order valence-electron chi connectivity index (χ3n) is 5.29. The van der Waals surface area contributed by atoms with Crippen LogP contribution in [0.15, 0.2) is 48.5 Å². The Kier molecular flexibility index (Phi) is 5.42. The zero-order valence-electron chi connectivity index (χ0n) is 14.8. The molecule has 0 bridgehead atoms. The van der Waals surface area contributed by atoms with Crippen molar-refractivity contribution in [2.75, 3.05) is 6.54 Å². The minimum absolute atomic E-state index is 0.0890. The predicted octanol–water partition coefficient (Wildman–Crippen LogP) is 3.32. The van der Waals surface area contributed by atoms with E-state index in [0.717, 1.165) is 18.5 Å². The number of likely N-dealkylation sites (tertiary alicyclic amines) is 1. The second-order valence-corrected chi connectivity index (χ2v) is 7.12. The number of hydrogen-bond donors (Lipinski definition) is 3. The summed E-state index contributed by atoms with van der Waals surface area (Å²) < 4.78 is 0. The van der Waals surface area contributed by atoms with Crippen LogP contribution in [-0.4, -0.2) is 38.9 Å². The van der Waals surface area contributed by atoms with Crippen molar-refractivity contribution in [1.29, 1.82) is 0 Å². The van der Waals surface area contributed by atoms with Crippen LogP contribution in [0.5, 0.6) is 5.75 Å². The summed E-state index contributed by atoms with van der Waals surface area (Å²) in [5.41, 5.74) is 3.18. The first-order valence-corrected chi connectivity index (χ1v) is 8.93. The van der Waals surface area contributed by atoms with Gasteiger partial charge >= 0.3 is 0 Å². The van der Waals surface area contributed by atoms with Crippen LogP contribution in [0.4, 0.5) is 0 Å². The lowest BCUT2D eigenvalue weighted by Gasteiger charge is -2.43. The lowest BCUT2D eigenvalue weighted by atomic mass is 9.89. The summed E-state index contributed by atoms with van der Waals surface area (Å²) in [7, 11) is 0. The van der Waals surface area contributed by atoms with Crippen molar-refractivity contribution < 1.29 is 15.3 Å². The first kappa shape index (κ1) is 17.9. The highest BCUT2D eigenvalue weighted by Crippen LogP contribution is 2.36. The topological polar surface area (TPSA) is 63.9 Å². The van der Waals surface area contributed by atoms with E-state index in [1.165, 1.54) is 11.1 Å². The molecule has 1 aliphatic heterocycles. The molecular weight excluding hydrogens is 314 g/mol. The van der Waals surface area contributed by atoms with Crippen LogP contribution >= 0.6 is 0 Å². The largest absolute Gasteiger partial charge is 0.508 e. The van der Waals surface area contributed by atoms with E-state index in [1.54, 1.807) is 24.3 Å². The van der Waals surface area contributed by atoms with Gasteiger partial charge in [-0.2, -0.15) is 0 Å². The minimum atomic E-state index is -0.649. The van der Waals surface area contributed by atoms with Gasteiger partial charge in [-0.3, -0.25) is 4.90 Å². The number of aryl methyl sites for hydroxylation is 1. The van der Waals surface area contributed by atoms with Crippen molar-refractivity contribution in [1.82, 2.24) is 4.90 Å². The molecule has 4 nitrogen and oxygen atoms in total. The third-order valence-corrected chi connectivity index (χ3v) is 5.29. The van der Waals surface area contributed by atoms with E-state index in [1.807, 2.05) is 6.92 Å². The van der Waals surface area contributed by atoms with Crippen LogP contribution in [0.1, 0.15) is 48.6 Å². The van der Waals surface area contributed by atoms with Crippen LogP contribution in [0.25, 0.3) is 0 Å². The number of aliphatic hydroxyl groups is 2. The van der Waals surface area contributed by atoms with Gasteiger partial charge in [0, 0.05) is 18.6 Å². The fraction of sp³-hybridized carbons (Fsp3) is 0.429. The molecule has 2 aromatic rings. The average molecular weight is 341 g/mol. The standard InChI is InChI=1S/C21H27NO3/c1-14-3-5-16(6-4-14)20-13-19(24)11-12-22(20)15(2)21(25)17-7-9-18(23)10-8-17/h3-10,15,19-21,23-25H,11-13H2,1-2H3/t15-,19?,20?,21+/m0/s1. The summed E-state index contributed by atoms with van der Waals surface area (Å²) in [6.45, 7) is 4.83. The van der Waals surface area contributed by atoms with Crippen molar-refractivity contribution in [3.05, 3.63) is 65.2 Å². The van der Waals surface area contributed by atoms with E-state index in [9.17, 15) is 15.3 Å². The second kappa shape index (κ2) is 7.56. The van der Waals surface area contributed by atoms with Crippen molar-refractivity contribution in [3.63, 3.8) is 0 Å². The van der Waals surface area contributed by atoms with Crippen molar-refractivity contribution in [3.8, 4) is 5.75 Å². The van der Waals surface area contributed by atoms with Gasteiger partial charge in [0.05, 0.1) is 12.2 Å². The van der Waals surface area contributed by atoms with E-state index in [4.69, 9.17) is 0 Å². The summed E-state index contributed by atoms with van der Waals surface area (Å²) in [5, 5.41) is 30.4. The molecule has 0 saturated carbocycles. The van der Waals surface area contributed by atoms with Crippen molar-refractivity contribution in [2.24, 2.45) is 0 Å². The molecule has 4 heteroatoms. The quantitative estimate of drug-likeness (QED) is 0.798. The Balaban J connectivity index is 1.83. The number of hydrogen-bond acceptors (Lipinski definition) is 4. The fourth-order valence-electron chi connectivity index (χ4n) is 3.70. The van der Waals surface area contributed by atoms with Crippen LogP contribution < -0.4 is 0 Å². The Morgan fingerprint density at radius 1 is 1.04 bits per heavy atom. The molecule has 0 aromatic heterocycles. The van der Waals surface area contributed by atoms with Gasteiger partial charge < -0.3 is 15.3 Å². The van der Waals surface area contributed by atoms with Crippen LogP contribution in [0.2, 0.25) is 0 Å². The normalized spacial score (nSPS) is 24.0. The molecule has 1 fully saturated rings. The Morgan fingerprint density at radius 2 is 1.68 bits per heavy atom. The average Bonchev–Trinajstić information content (AvgIpc) is 2.62. The van der Waals surface area contributed by atoms with E-state index in [0.29, 0.717) is 6.42 Å². The Morgan fingerprint density at radius 3 is 2.32 bits per heavy atom. The number of piperidine rings is 1. The molecule has 25 heavy (non-hydrogen) atoms. The molecule has 0 radical (unpaired) electrons. The highest BCUT2D eigenvalue weighted by molar-refractivity contribution is 5.29. The smallest absolute Gasteiger partial charge is 0.115 e. The molecule has 0 aliphatic carbocycles. The molecule has 2 aromatic carbocycles. The summed E-state index contributed by atoms with van der Waals surface area (Å²) >= 11 is 0. The molecule has 2 unspecified atom stereocenters. The maximum absolute atomic E-state index is 10.8. The Labute approximate surface area is 149 Å². The second-order valence-electron chi connectivity index (χ2n) is 7.12. The van der Waals surface area contributed by atoms with Gasteiger partial charge in [0.15, 0.2) is 0 Å². The van der Waals surface area contributed by atoms with Crippen molar-refractivity contribution in [2.45, 2.75) is 51.0 Å². The zero-order chi connectivity index (χ0) is 18.0. The highest BCUT2D eigenvalue weighted by Gasteiger charge is 2.34. The molecule has 0 spiro atoms. The number of rotatable bonds is 4. The number of nitrogens with zero attached hydrogens (tertiary/aromatic N) is 1. The molecule has 3 rings (SSSR count). The first-order valence-electron chi connectivity index (χ1n) is 8.93. The number of phenolic OH excluding ortho intramolecular Hbond substituents is 1. The maximum Gasteiger partial charge on any atom is 0.115 e. The van der Waals surface area contributed by atoms with Crippen LogP contribution in [0.3, 0.4) is 0 Å². The minimum Gasteiger partial charge on any atom is -0.508 e. The lowest BCUT2D eigenvalue weighted by molar-refractivity contribution is -0.0221. The Hall–Kier alpha value is -1.88. The van der Waals surface area contributed by atoms with Gasteiger partial charge in [-0.05, 0) is 49.9 Å². The monoisotopic (exact) mass is 341 g/mol. The van der Waals surface area contributed by atoms with E-state index in [-0.39, 0.29) is 23.9 Å². The van der Waals surface area contributed by atoms with E-state index >= 15 is 0 Å². The lowest BCUT2D eigenvalue weighted by Crippen LogP contribution is -2.46. The molecule has 1 saturated heterocycles. The zero-order valence-corrected chi connectivity index (χ0v) is 14.8. The van der Waals surface area contributed by atoms with E-state index in [2.05, 4.69) is 36.1 Å². The maximum atomic E-state index is 10.8. The van der Waals surface area contributed by atoms with E-state index < -0.39 is 6.10 Å². The number of aromatic hydroxyl groups is 1. The van der Waals surface area contributed by atoms with Gasteiger partial charge in [0.25, 0.3) is 0 Å². The summed E-state index contributed by atoms with van der Waals surface area (Å²) in [6.07, 6.45) is 0.439. The van der Waals surface area contributed by atoms with Crippen LogP contribution in [-0.2, 0) is 0 Å². The molecule has 4 atom stereocenters. The van der Waals surface area contributed by atoms with Gasteiger partial charge in [0.2, 0.25) is 0 Å². The number of phenols is 1. The fourth-order valence-corrected chi connectivity index (χ4v) is 3.70. The molecular formula is C21H27NO3. The molecule has 1 aliphatic rings.